The van der Waals surface area contributed by atoms with Gasteiger partial charge in [0.2, 0.25) is 5.28 Å². The fourth-order valence-electron chi connectivity index (χ4n) is 2.45. The van der Waals surface area contributed by atoms with E-state index in [9.17, 15) is 9.90 Å². The number of carboxylic acids is 1. The molecule has 1 heterocycles. The van der Waals surface area contributed by atoms with Crippen molar-refractivity contribution in [3.8, 4) is 11.5 Å². The number of hydrogen-bond donors (Lipinski definition) is 2. The first-order valence-electron chi connectivity index (χ1n) is 7.32. The highest BCUT2D eigenvalue weighted by molar-refractivity contribution is 14.1. The molecule has 3 aromatic rings. The Morgan fingerprint density at radius 3 is 2.50 bits per heavy atom. The van der Waals surface area contributed by atoms with E-state index in [1.807, 2.05) is 0 Å². The molecule has 0 saturated carbocycles. The Labute approximate surface area is 167 Å². The molecule has 0 aliphatic rings. The first-order chi connectivity index (χ1) is 12.4. The van der Waals surface area contributed by atoms with Crippen LogP contribution in [-0.4, -0.2) is 35.3 Å². The quantitative estimate of drug-likeness (QED) is 0.410. The van der Waals surface area contributed by atoms with E-state index in [0.29, 0.717) is 33.9 Å². The zero-order valence-electron chi connectivity index (χ0n) is 13.7. The molecule has 0 amide bonds. The number of anilines is 2. The van der Waals surface area contributed by atoms with E-state index in [2.05, 4.69) is 37.9 Å². The van der Waals surface area contributed by atoms with Gasteiger partial charge in [0.1, 0.15) is 5.82 Å². The average molecular weight is 486 g/mol. The maximum atomic E-state index is 11.5. The van der Waals surface area contributed by atoms with Crippen LogP contribution >= 0.6 is 34.2 Å². The molecule has 0 bridgehead atoms. The number of methoxy groups -OCH3 is 2. The topological polar surface area (TPSA) is 93.6 Å². The van der Waals surface area contributed by atoms with Gasteiger partial charge in [0.25, 0.3) is 0 Å². The third kappa shape index (κ3) is 3.61. The summed E-state index contributed by atoms with van der Waals surface area (Å²) in [6.07, 6.45) is 0. The summed E-state index contributed by atoms with van der Waals surface area (Å²) in [4.78, 5) is 19.9. The van der Waals surface area contributed by atoms with Crippen molar-refractivity contribution >= 4 is 62.6 Å². The number of halogens is 2. The van der Waals surface area contributed by atoms with Crippen molar-refractivity contribution in [3.05, 3.63) is 44.7 Å². The minimum Gasteiger partial charge on any atom is -0.493 e. The summed E-state index contributed by atoms with van der Waals surface area (Å²) >= 11 is 8.09. The van der Waals surface area contributed by atoms with Gasteiger partial charge in [-0.25, -0.2) is 9.78 Å². The molecule has 9 heteroatoms. The Kier molecular flexibility index (Phi) is 5.33. The molecule has 0 fully saturated rings. The fourth-order valence-corrected chi connectivity index (χ4v) is 3.12. The maximum Gasteiger partial charge on any atom is 0.337 e. The van der Waals surface area contributed by atoms with Gasteiger partial charge in [-0.3, -0.25) is 0 Å². The van der Waals surface area contributed by atoms with Gasteiger partial charge in [-0.15, -0.1) is 0 Å². The van der Waals surface area contributed by atoms with Crippen molar-refractivity contribution < 1.29 is 19.4 Å². The number of nitrogens with one attached hydrogen (secondary N) is 1. The van der Waals surface area contributed by atoms with Gasteiger partial charge in [0.15, 0.2) is 11.5 Å². The lowest BCUT2D eigenvalue weighted by molar-refractivity contribution is 0.0698. The SMILES string of the molecule is COc1cc2nc(Cl)nc(Nc3ccc(I)cc3C(=O)O)c2cc1OC. The summed E-state index contributed by atoms with van der Waals surface area (Å²) in [7, 11) is 3.05. The van der Waals surface area contributed by atoms with E-state index >= 15 is 0 Å². The largest absolute Gasteiger partial charge is 0.493 e. The molecule has 0 aliphatic carbocycles. The number of nitrogens with zero attached hydrogens (tertiary/aromatic N) is 2. The molecule has 2 N–H and O–H groups in total. The number of ether oxygens (including phenoxy) is 2. The second-order valence-corrected chi connectivity index (χ2v) is 6.77. The first kappa shape index (κ1) is 18.5. The Balaban J connectivity index is 2.18. The molecule has 0 spiro atoms. The van der Waals surface area contributed by atoms with Crippen molar-refractivity contribution in [3.63, 3.8) is 0 Å². The molecule has 0 aliphatic heterocycles. The number of fused-ring (bicyclic) bond motifs is 1. The molecule has 26 heavy (non-hydrogen) atoms. The van der Waals surface area contributed by atoms with Crippen molar-refractivity contribution in [1.82, 2.24) is 9.97 Å². The predicted molar refractivity (Wildman–Crippen MR) is 107 cm³/mol. The van der Waals surface area contributed by atoms with E-state index in [-0.39, 0.29) is 10.8 Å². The minimum absolute atomic E-state index is 0.0228. The van der Waals surface area contributed by atoms with Crippen molar-refractivity contribution in [2.75, 3.05) is 19.5 Å². The highest BCUT2D eigenvalue weighted by Crippen LogP contribution is 2.35. The lowest BCUT2D eigenvalue weighted by Gasteiger charge is -2.14. The average Bonchev–Trinajstić information content (AvgIpc) is 2.61. The Bertz CT molecular complexity index is 1010. The minimum atomic E-state index is -1.05. The summed E-state index contributed by atoms with van der Waals surface area (Å²) in [5, 5.41) is 13.1. The Morgan fingerprint density at radius 1 is 1.15 bits per heavy atom. The van der Waals surface area contributed by atoms with Gasteiger partial charge in [0.05, 0.1) is 31.0 Å². The van der Waals surface area contributed by atoms with E-state index < -0.39 is 5.97 Å². The molecular weight excluding hydrogens is 473 g/mol. The molecule has 0 unspecified atom stereocenters. The highest BCUT2D eigenvalue weighted by atomic mass is 127. The van der Waals surface area contributed by atoms with Crippen LogP contribution in [0, 0.1) is 3.57 Å². The molecule has 0 saturated heterocycles. The number of rotatable bonds is 5. The van der Waals surface area contributed by atoms with Crippen molar-refractivity contribution in [1.29, 1.82) is 0 Å². The predicted octanol–water partition coefficient (Wildman–Crippen LogP) is 4.35. The van der Waals surface area contributed by atoms with E-state index in [0.717, 1.165) is 3.57 Å². The summed E-state index contributed by atoms with van der Waals surface area (Å²) < 4.78 is 11.4. The zero-order valence-corrected chi connectivity index (χ0v) is 16.6. The first-order valence-corrected chi connectivity index (χ1v) is 8.77. The third-order valence-corrected chi connectivity index (χ3v) is 4.48. The molecule has 1 aromatic heterocycles. The summed E-state index contributed by atoms with van der Waals surface area (Å²) in [6.45, 7) is 0. The van der Waals surface area contributed by atoms with Gasteiger partial charge >= 0.3 is 5.97 Å². The van der Waals surface area contributed by atoms with Gasteiger partial charge in [-0.2, -0.15) is 4.98 Å². The van der Waals surface area contributed by atoms with Crippen LogP contribution in [0.5, 0.6) is 11.5 Å². The van der Waals surface area contributed by atoms with Crippen LogP contribution in [0.2, 0.25) is 5.28 Å². The van der Waals surface area contributed by atoms with Crippen LogP contribution in [-0.2, 0) is 0 Å². The molecule has 0 radical (unpaired) electrons. The normalized spacial score (nSPS) is 10.6. The highest BCUT2D eigenvalue weighted by Gasteiger charge is 2.16. The number of hydrogen-bond acceptors (Lipinski definition) is 6. The number of carboxylic acid groups (broad SMARTS) is 1. The van der Waals surface area contributed by atoms with E-state index in [4.69, 9.17) is 21.1 Å². The number of aromatic nitrogens is 2. The summed E-state index contributed by atoms with van der Waals surface area (Å²) in [5.41, 5.74) is 1.05. The molecule has 7 nitrogen and oxygen atoms in total. The van der Waals surface area contributed by atoms with Gasteiger partial charge in [0, 0.05) is 15.0 Å². The van der Waals surface area contributed by atoms with Crippen LogP contribution in [0.1, 0.15) is 10.4 Å². The monoisotopic (exact) mass is 485 g/mol. The smallest absolute Gasteiger partial charge is 0.337 e. The number of carbonyl (C=O) groups is 1. The number of aromatic carboxylic acids is 1. The second kappa shape index (κ2) is 7.50. The van der Waals surface area contributed by atoms with Gasteiger partial charge in [-0.05, 0) is 58.5 Å². The van der Waals surface area contributed by atoms with Crippen molar-refractivity contribution in [2.24, 2.45) is 0 Å². The molecule has 2 aromatic carbocycles. The molecular formula is C17H13ClIN3O4. The summed E-state index contributed by atoms with van der Waals surface area (Å²) in [6, 6.07) is 8.43. The second-order valence-electron chi connectivity index (χ2n) is 5.19. The molecule has 3 rings (SSSR count). The number of benzene rings is 2. The van der Waals surface area contributed by atoms with Gasteiger partial charge < -0.3 is 19.9 Å². The van der Waals surface area contributed by atoms with Crippen LogP contribution < -0.4 is 14.8 Å². The Hall–Kier alpha value is -2.33. The zero-order chi connectivity index (χ0) is 18.8. The van der Waals surface area contributed by atoms with E-state index in [1.54, 1.807) is 30.3 Å². The van der Waals surface area contributed by atoms with Crippen molar-refractivity contribution in [2.45, 2.75) is 0 Å². The standard InChI is InChI=1S/C17H13ClIN3O4/c1-25-13-6-9-12(7-14(13)26-2)21-17(18)22-15(9)20-11-4-3-8(19)5-10(11)16(23)24/h3-7H,1-2H3,(H,23,24)(H,20,21,22). The lowest BCUT2D eigenvalue weighted by Crippen LogP contribution is -2.05. The molecule has 134 valence electrons. The van der Waals surface area contributed by atoms with Crippen LogP contribution in [0.25, 0.3) is 10.9 Å². The molecule has 0 atom stereocenters. The van der Waals surface area contributed by atoms with Crippen LogP contribution in [0.4, 0.5) is 11.5 Å². The van der Waals surface area contributed by atoms with Crippen LogP contribution in [0.3, 0.4) is 0 Å². The van der Waals surface area contributed by atoms with E-state index in [1.165, 1.54) is 14.2 Å². The lowest BCUT2D eigenvalue weighted by atomic mass is 10.1. The third-order valence-electron chi connectivity index (χ3n) is 3.64. The summed E-state index contributed by atoms with van der Waals surface area (Å²) in [5.74, 6) is 0.315. The maximum absolute atomic E-state index is 11.5. The Morgan fingerprint density at radius 2 is 1.85 bits per heavy atom. The van der Waals surface area contributed by atoms with Crippen LogP contribution in [0.15, 0.2) is 30.3 Å². The van der Waals surface area contributed by atoms with Gasteiger partial charge in [-0.1, -0.05) is 0 Å². The fraction of sp³-hybridized carbons (Fsp3) is 0.118.